The molecule has 0 heterocycles. The molecule has 0 atom stereocenters. The maximum absolute atomic E-state index is 12.7. The minimum Gasteiger partial charge on any atom is -0.186 e. The predicted octanol–water partition coefficient (Wildman–Crippen LogP) is 2.17. The minimum absolute atomic E-state index is 0.296. The Kier molecular flexibility index (Phi) is 6.50. The molecular weight excluding hydrogens is 558 g/mol. The number of halogens is 10. The molecule has 0 N–H and O–H groups in total. The standard InChI is InChI=1S/C15H8F9IO3S/c16-13(17,18)9-1-5-11(6-2-9)25(28-29(26,27)15(22,23)24)12-7-3-10(4-8-12)14(19,20)21/h1-8H/q+1. The van der Waals surface area contributed by atoms with Crippen molar-refractivity contribution in [2.24, 2.45) is 0 Å². The molecule has 1 radical (unpaired) electrons. The van der Waals surface area contributed by atoms with Gasteiger partial charge in [0.2, 0.25) is 0 Å². The van der Waals surface area contributed by atoms with Gasteiger partial charge in [-0.25, -0.2) is 0 Å². The number of hydrogen-bond donors (Lipinski definition) is 0. The quantitative estimate of drug-likeness (QED) is 0.324. The van der Waals surface area contributed by atoms with Gasteiger partial charge < -0.3 is 0 Å². The summed E-state index contributed by atoms with van der Waals surface area (Å²) in [6, 6.07) is 4.96. The zero-order valence-corrected chi connectivity index (χ0v) is 16.5. The van der Waals surface area contributed by atoms with Crippen LogP contribution in [0.2, 0.25) is 0 Å². The van der Waals surface area contributed by atoms with E-state index >= 15 is 0 Å². The van der Waals surface area contributed by atoms with Gasteiger partial charge in [0.15, 0.2) is 7.14 Å². The van der Waals surface area contributed by atoms with Crippen LogP contribution in [0.1, 0.15) is 11.1 Å². The van der Waals surface area contributed by atoms with E-state index in [9.17, 15) is 47.9 Å². The molecule has 0 unspecified atom stereocenters. The van der Waals surface area contributed by atoms with E-state index in [-0.39, 0.29) is 7.14 Å². The van der Waals surface area contributed by atoms with Gasteiger partial charge in [-0.3, -0.25) is 0 Å². The van der Waals surface area contributed by atoms with E-state index in [0.29, 0.717) is 24.3 Å². The minimum atomic E-state index is -6.15. The van der Waals surface area contributed by atoms with Gasteiger partial charge in [0.25, 0.3) is 0 Å². The lowest BCUT2D eigenvalue weighted by Crippen LogP contribution is -3.85. The number of benzene rings is 2. The molecule has 29 heavy (non-hydrogen) atoms. The second-order valence-corrected chi connectivity index (χ2v) is 11.7. The summed E-state index contributed by atoms with van der Waals surface area (Å²) in [4.78, 5) is 0. The SMILES string of the molecule is O=S(=O)(O[I+](c1ccc(C(F)(F)F)cc1)c1ccc(C(F)(F)F)cc1)C(F)(F)F. The van der Waals surface area contributed by atoms with Crippen LogP contribution >= 0.6 is 0 Å². The summed E-state index contributed by atoms with van der Waals surface area (Å²) in [5.41, 5.74) is -8.12. The monoisotopic (exact) mass is 566 g/mol. The maximum Gasteiger partial charge on any atom is 0.526 e. The number of alkyl halides is 9. The van der Waals surface area contributed by atoms with Gasteiger partial charge in [0.1, 0.15) is 0 Å². The molecule has 3 nitrogen and oxygen atoms in total. The molecule has 0 aliphatic rings. The molecular formula is C15H8F9IO3S+. The van der Waals surface area contributed by atoms with Gasteiger partial charge in [-0.1, -0.05) is 0 Å². The van der Waals surface area contributed by atoms with Crippen LogP contribution in [0, 0.1) is 7.14 Å². The summed E-state index contributed by atoms with van der Waals surface area (Å²) in [6.45, 7) is 0. The Morgan fingerprint density at radius 3 is 1.17 bits per heavy atom. The summed E-state index contributed by atoms with van der Waals surface area (Å²) in [6.07, 6.45) is -9.52. The first-order valence-corrected chi connectivity index (χ1v) is 11.5. The Morgan fingerprint density at radius 1 is 0.621 bits per heavy atom. The van der Waals surface area contributed by atoms with Crippen LogP contribution < -0.4 is 20.2 Å². The average molecular weight is 566 g/mol. The maximum atomic E-state index is 12.7. The average Bonchev–Trinajstić information content (AvgIpc) is 2.57. The third-order valence-electron chi connectivity index (χ3n) is 3.17. The van der Waals surface area contributed by atoms with Crippen LogP contribution in [0.25, 0.3) is 0 Å². The molecule has 0 spiro atoms. The fourth-order valence-corrected chi connectivity index (χ4v) is 8.23. The van der Waals surface area contributed by atoms with Crippen LogP contribution in [0.15, 0.2) is 48.5 Å². The van der Waals surface area contributed by atoms with Gasteiger partial charge >= 0.3 is 48.2 Å². The van der Waals surface area contributed by atoms with Crippen molar-refractivity contribution >= 4 is 10.1 Å². The van der Waals surface area contributed by atoms with Crippen molar-refractivity contribution in [3.05, 3.63) is 66.8 Å². The molecule has 0 bridgehead atoms. The van der Waals surface area contributed by atoms with E-state index in [1.165, 1.54) is 0 Å². The zero-order chi connectivity index (χ0) is 22.3. The van der Waals surface area contributed by atoms with Crippen LogP contribution in [0.5, 0.6) is 0 Å². The van der Waals surface area contributed by atoms with Crippen molar-refractivity contribution in [3.8, 4) is 0 Å². The van der Waals surface area contributed by atoms with Gasteiger partial charge in [0, 0.05) is 0 Å². The first kappa shape index (κ1) is 23.7. The summed E-state index contributed by atoms with van der Waals surface area (Å²) in [7, 11) is -6.15. The van der Waals surface area contributed by atoms with Crippen molar-refractivity contribution in [2.45, 2.75) is 17.9 Å². The molecule has 0 aromatic heterocycles. The molecule has 0 aliphatic heterocycles. The summed E-state index contributed by atoms with van der Waals surface area (Å²) in [5, 5.41) is 0. The molecule has 0 saturated heterocycles. The van der Waals surface area contributed by atoms with E-state index in [4.69, 9.17) is 0 Å². The van der Waals surface area contributed by atoms with Crippen LogP contribution in [-0.4, -0.2) is 13.9 Å². The molecule has 14 heteroatoms. The molecule has 0 amide bonds. The summed E-state index contributed by atoms with van der Waals surface area (Å²) < 4.78 is 140. The summed E-state index contributed by atoms with van der Waals surface area (Å²) >= 11 is -4.09. The zero-order valence-electron chi connectivity index (χ0n) is 13.5. The lowest BCUT2D eigenvalue weighted by atomic mass is 10.2. The highest BCUT2D eigenvalue weighted by Gasteiger charge is 2.54. The van der Waals surface area contributed by atoms with E-state index in [0.717, 1.165) is 24.3 Å². The van der Waals surface area contributed by atoms with Gasteiger partial charge in [-0.15, -0.1) is 0 Å². The van der Waals surface area contributed by atoms with Crippen molar-refractivity contribution in [1.29, 1.82) is 0 Å². The Bertz CT molecular complexity index is 890. The van der Waals surface area contributed by atoms with E-state index in [1.54, 1.807) is 0 Å². The Labute approximate surface area is 165 Å². The fourth-order valence-electron chi connectivity index (χ4n) is 1.82. The van der Waals surface area contributed by atoms with Gasteiger partial charge in [-0.2, -0.15) is 47.9 Å². The Balaban J connectivity index is 2.52. The molecule has 0 saturated carbocycles. The fraction of sp³-hybridized carbons (Fsp3) is 0.200. The molecule has 2 rings (SSSR count). The van der Waals surface area contributed by atoms with Gasteiger partial charge in [-0.05, 0) is 51.0 Å². The lowest BCUT2D eigenvalue weighted by molar-refractivity contribution is -1.03. The number of hydrogen-bond acceptors (Lipinski definition) is 3. The molecule has 0 aliphatic carbocycles. The second kappa shape index (κ2) is 7.94. The lowest BCUT2D eigenvalue weighted by Gasteiger charge is -2.10. The van der Waals surface area contributed by atoms with Crippen LogP contribution in [0.3, 0.4) is 0 Å². The van der Waals surface area contributed by atoms with Gasteiger partial charge in [0.05, 0.1) is 11.1 Å². The molecule has 2 aromatic rings. The molecule has 0 fully saturated rings. The van der Waals surface area contributed by atoms with Crippen molar-refractivity contribution in [2.75, 3.05) is 0 Å². The van der Waals surface area contributed by atoms with E-state index in [1.807, 2.05) is 0 Å². The smallest absolute Gasteiger partial charge is 0.186 e. The topological polar surface area (TPSA) is 43.4 Å². The normalized spacial score (nSPS) is 13.7. The van der Waals surface area contributed by atoms with E-state index < -0.39 is 59.3 Å². The first-order valence-electron chi connectivity index (χ1n) is 7.08. The van der Waals surface area contributed by atoms with Crippen LogP contribution in [0.4, 0.5) is 39.5 Å². The van der Waals surface area contributed by atoms with Crippen molar-refractivity contribution in [3.63, 3.8) is 0 Å². The summed E-state index contributed by atoms with van der Waals surface area (Å²) in [5.74, 6) is 0. The van der Waals surface area contributed by atoms with Crippen molar-refractivity contribution < 1.29 is 70.7 Å². The van der Waals surface area contributed by atoms with Crippen LogP contribution in [-0.2, 0) is 25.0 Å². The predicted molar refractivity (Wildman–Crippen MR) is 76.3 cm³/mol. The van der Waals surface area contributed by atoms with E-state index in [2.05, 4.69) is 2.51 Å². The first-order chi connectivity index (χ1) is 13.0. The number of rotatable bonds is 4. The third kappa shape index (κ3) is 5.75. The molecule has 2 aromatic carbocycles. The largest absolute Gasteiger partial charge is 0.526 e. The molecule has 161 valence electrons. The highest BCUT2D eigenvalue weighted by atomic mass is 127. The second-order valence-electron chi connectivity index (χ2n) is 5.22. The highest BCUT2D eigenvalue weighted by Crippen LogP contribution is 2.29. The Morgan fingerprint density at radius 2 is 0.931 bits per heavy atom. The third-order valence-corrected chi connectivity index (χ3v) is 10.2. The highest BCUT2D eigenvalue weighted by molar-refractivity contribution is 7.87. The van der Waals surface area contributed by atoms with Crippen molar-refractivity contribution in [1.82, 2.24) is 0 Å². The Hall–Kier alpha value is -1.55.